The van der Waals surface area contributed by atoms with Gasteiger partial charge in [0.15, 0.2) is 11.6 Å². The number of amides is 2. The zero-order valence-corrected chi connectivity index (χ0v) is 13.0. The fourth-order valence-electron chi connectivity index (χ4n) is 3.23. The van der Waals surface area contributed by atoms with Crippen LogP contribution in [0.2, 0.25) is 0 Å². The van der Waals surface area contributed by atoms with E-state index in [1.165, 1.54) is 6.07 Å². The van der Waals surface area contributed by atoms with E-state index in [9.17, 15) is 9.18 Å². The lowest BCUT2D eigenvalue weighted by Gasteiger charge is -2.21. The highest BCUT2D eigenvalue weighted by Crippen LogP contribution is 2.39. The fourth-order valence-corrected chi connectivity index (χ4v) is 3.23. The summed E-state index contributed by atoms with van der Waals surface area (Å²) in [5.74, 6) is 0.101. The lowest BCUT2D eigenvalue weighted by atomic mass is 10.1. The fraction of sp³-hybridized carbons (Fsp3) is 0.562. The van der Waals surface area contributed by atoms with Gasteiger partial charge in [0.2, 0.25) is 0 Å². The molecule has 2 aliphatic rings. The molecule has 22 heavy (non-hydrogen) atoms. The van der Waals surface area contributed by atoms with E-state index < -0.39 is 0 Å². The summed E-state index contributed by atoms with van der Waals surface area (Å²) in [6, 6.07) is 3.28. The number of urea groups is 1. The second-order valence-corrected chi connectivity index (χ2v) is 5.94. The Hall–Kier alpha value is -1.98. The Morgan fingerprint density at radius 1 is 1.50 bits per heavy atom. The van der Waals surface area contributed by atoms with Crippen molar-refractivity contribution in [1.82, 2.24) is 10.6 Å². The minimum absolute atomic E-state index is 0.0116. The quantitative estimate of drug-likeness (QED) is 0.898. The second kappa shape index (κ2) is 6.02. The SMILES string of the molecule is CCNC(=O)N[C@H]1CCN(c2ccc(F)c3c2CC(C)O3)C1. The van der Waals surface area contributed by atoms with Crippen LogP contribution in [-0.2, 0) is 6.42 Å². The van der Waals surface area contributed by atoms with Crippen LogP contribution in [0.1, 0.15) is 25.8 Å². The molecule has 0 radical (unpaired) electrons. The van der Waals surface area contributed by atoms with E-state index in [0.717, 1.165) is 37.2 Å². The second-order valence-electron chi connectivity index (χ2n) is 5.94. The number of hydrogen-bond acceptors (Lipinski definition) is 3. The van der Waals surface area contributed by atoms with Crippen LogP contribution >= 0.6 is 0 Å². The number of halogens is 1. The van der Waals surface area contributed by atoms with E-state index in [4.69, 9.17) is 4.74 Å². The van der Waals surface area contributed by atoms with Crippen molar-refractivity contribution >= 4 is 11.7 Å². The maximum Gasteiger partial charge on any atom is 0.315 e. The summed E-state index contributed by atoms with van der Waals surface area (Å²) < 4.78 is 19.4. The summed E-state index contributed by atoms with van der Waals surface area (Å²) in [4.78, 5) is 13.8. The van der Waals surface area contributed by atoms with Gasteiger partial charge in [0.25, 0.3) is 0 Å². The molecule has 0 aromatic heterocycles. The molecule has 2 aliphatic heterocycles. The lowest BCUT2D eigenvalue weighted by Crippen LogP contribution is -2.43. The largest absolute Gasteiger partial charge is 0.487 e. The summed E-state index contributed by atoms with van der Waals surface area (Å²) in [5.41, 5.74) is 1.98. The molecule has 0 spiro atoms. The van der Waals surface area contributed by atoms with Crippen LogP contribution in [0.5, 0.6) is 5.75 Å². The molecule has 1 aromatic rings. The number of hydrogen-bond donors (Lipinski definition) is 2. The Balaban J connectivity index is 1.72. The number of ether oxygens (including phenoxy) is 1. The molecule has 6 heteroatoms. The van der Waals surface area contributed by atoms with Gasteiger partial charge in [-0.25, -0.2) is 9.18 Å². The van der Waals surface area contributed by atoms with Crippen molar-refractivity contribution in [3.63, 3.8) is 0 Å². The number of carbonyl (C=O) groups is 1. The molecule has 2 heterocycles. The molecular formula is C16H22FN3O2. The van der Waals surface area contributed by atoms with Crippen LogP contribution in [0.4, 0.5) is 14.9 Å². The third-order valence-corrected chi connectivity index (χ3v) is 4.20. The first-order valence-corrected chi connectivity index (χ1v) is 7.85. The molecule has 2 atom stereocenters. The van der Waals surface area contributed by atoms with Crippen LogP contribution in [0.15, 0.2) is 12.1 Å². The van der Waals surface area contributed by atoms with Gasteiger partial charge < -0.3 is 20.3 Å². The van der Waals surface area contributed by atoms with Gasteiger partial charge >= 0.3 is 6.03 Å². The van der Waals surface area contributed by atoms with Crippen LogP contribution < -0.4 is 20.3 Å². The van der Waals surface area contributed by atoms with E-state index in [1.807, 2.05) is 19.9 Å². The highest BCUT2D eigenvalue weighted by molar-refractivity contribution is 5.74. The van der Waals surface area contributed by atoms with E-state index >= 15 is 0 Å². The van der Waals surface area contributed by atoms with Gasteiger partial charge in [-0.15, -0.1) is 0 Å². The Bertz CT molecular complexity index is 579. The first-order valence-electron chi connectivity index (χ1n) is 7.85. The number of carbonyl (C=O) groups excluding carboxylic acids is 1. The molecular weight excluding hydrogens is 285 g/mol. The molecule has 1 aromatic carbocycles. The van der Waals surface area contributed by atoms with Crippen LogP contribution in [-0.4, -0.2) is 37.8 Å². The van der Waals surface area contributed by atoms with Gasteiger partial charge in [-0.2, -0.15) is 0 Å². The standard InChI is InChI=1S/C16H22FN3O2/c1-3-18-16(21)19-11-6-7-20(9-11)14-5-4-13(17)15-12(14)8-10(2)22-15/h4-5,10-11H,3,6-9H2,1-2H3,(H2,18,19,21)/t10?,11-/m0/s1. The summed E-state index contributed by atoms with van der Waals surface area (Å²) in [5, 5.41) is 5.71. The molecule has 5 nitrogen and oxygen atoms in total. The smallest absolute Gasteiger partial charge is 0.315 e. The minimum Gasteiger partial charge on any atom is -0.487 e. The highest BCUT2D eigenvalue weighted by atomic mass is 19.1. The number of anilines is 1. The molecule has 0 aliphatic carbocycles. The molecule has 2 amide bonds. The van der Waals surface area contributed by atoms with E-state index in [0.29, 0.717) is 12.3 Å². The molecule has 0 saturated carbocycles. The van der Waals surface area contributed by atoms with E-state index in [-0.39, 0.29) is 24.0 Å². The summed E-state index contributed by atoms with van der Waals surface area (Å²) in [6.07, 6.45) is 1.63. The number of nitrogens with zero attached hydrogens (tertiary/aromatic N) is 1. The Morgan fingerprint density at radius 2 is 2.32 bits per heavy atom. The number of fused-ring (bicyclic) bond motifs is 1. The number of benzene rings is 1. The summed E-state index contributed by atoms with van der Waals surface area (Å²) >= 11 is 0. The summed E-state index contributed by atoms with van der Waals surface area (Å²) in [6.45, 7) is 6.05. The van der Waals surface area contributed by atoms with Gasteiger partial charge in [0.1, 0.15) is 6.10 Å². The maximum atomic E-state index is 13.9. The van der Waals surface area contributed by atoms with Crippen molar-refractivity contribution in [2.45, 2.75) is 38.8 Å². The van der Waals surface area contributed by atoms with Crippen molar-refractivity contribution < 1.29 is 13.9 Å². The average molecular weight is 307 g/mol. The predicted molar refractivity (Wildman–Crippen MR) is 83.0 cm³/mol. The Labute approximate surface area is 129 Å². The number of nitrogens with one attached hydrogen (secondary N) is 2. The normalized spacial score (nSPS) is 23.1. The predicted octanol–water partition coefficient (Wildman–Crippen LogP) is 2.05. The molecule has 1 unspecified atom stereocenters. The van der Waals surface area contributed by atoms with Crippen molar-refractivity contribution in [3.05, 3.63) is 23.5 Å². The molecule has 120 valence electrons. The van der Waals surface area contributed by atoms with E-state index in [1.54, 1.807) is 0 Å². The minimum atomic E-state index is -0.292. The topological polar surface area (TPSA) is 53.6 Å². The average Bonchev–Trinajstić information content (AvgIpc) is 3.06. The van der Waals surface area contributed by atoms with Crippen molar-refractivity contribution in [1.29, 1.82) is 0 Å². The lowest BCUT2D eigenvalue weighted by molar-refractivity contribution is 0.238. The third-order valence-electron chi connectivity index (χ3n) is 4.20. The van der Waals surface area contributed by atoms with Crippen LogP contribution in [0, 0.1) is 5.82 Å². The Kier molecular flexibility index (Phi) is 4.09. The van der Waals surface area contributed by atoms with Crippen molar-refractivity contribution in [2.24, 2.45) is 0 Å². The molecule has 1 saturated heterocycles. The van der Waals surface area contributed by atoms with Gasteiger partial charge in [0.05, 0.1) is 0 Å². The van der Waals surface area contributed by atoms with Crippen LogP contribution in [0.3, 0.4) is 0 Å². The Morgan fingerprint density at radius 3 is 3.09 bits per heavy atom. The van der Waals surface area contributed by atoms with Crippen molar-refractivity contribution in [3.8, 4) is 5.75 Å². The number of rotatable bonds is 3. The first kappa shape index (κ1) is 14.9. The van der Waals surface area contributed by atoms with Crippen LogP contribution in [0.25, 0.3) is 0 Å². The van der Waals surface area contributed by atoms with Crippen molar-refractivity contribution in [2.75, 3.05) is 24.5 Å². The molecule has 2 N–H and O–H groups in total. The molecule has 3 rings (SSSR count). The monoisotopic (exact) mass is 307 g/mol. The first-order chi connectivity index (χ1) is 10.6. The van der Waals surface area contributed by atoms with Gasteiger partial charge in [-0.05, 0) is 32.4 Å². The van der Waals surface area contributed by atoms with Gasteiger partial charge in [0, 0.05) is 43.3 Å². The molecule has 1 fully saturated rings. The van der Waals surface area contributed by atoms with E-state index in [2.05, 4.69) is 15.5 Å². The van der Waals surface area contributed by atoms with Gasteiger partial charge in [-0.1, -0.05) is 0 Å². The highest BCUT2D eigenvalue weighted by Gasteiger charge is 2.31. The van der Waals surface area contributed by atoms with Gasteiger partial charge in [-0.3, -0.25) is 0 Å². The maximum absolute atomic E-state index is 13.9. The summed E-state index contributed by atoms with van der Waals surface area (Å²) in [7, 11) is 0. The zero-order chi connectivity index (χ0) is 15.7. The third kappa shape index (κ3) is 2.82. The zero-order valence-electron chi connectivity index (χ0n) is 13.0. The molecule has 0 bridgehead atoms.